The molecular formula is C17H16ClF2N5O2. The molecule has 0 saturated carbocycles. The van der Waals surface area contributed by atoms with Crippen molar-refractivity contribution in [3.8, 4) is 11.5 Å². The van der Waals surface area contributed by atoms with Crippen molar-refractivity contribution >= 4 is 23.4 Å². The van der Waals surface area contributed by atoms with E-state index in [0.29, 0.717) is 17.5 Å². The molecule has 0 atom stereocenters. The Hall–Kier alpha value is -2.94. The fourth-order valence-electron chi connectivity index (χ4n) is 2.31. The zero-order valence-electron chi connectivity index (χ0n) is 14.5. The fourth-order valence-corrected chi connectivity index (χ4v) is 2.45. The third-order valence-electron chi connectivity index (χ3n) is 3.69. The molecule has 10 heteroatoms. The van der Waals surface area contributed by atoms with Gasteiger partial charge >= 0.3 is 0 Å². The Labute approximate surface area is 158 Å². The number of methoxy groups -OCH3 is 1. The molecule has 3 rings (SSSR count). The number of H-pyrrole nitrogens is 1. The van der Waals surface area contributed by atoms with E-state index in [2.05, 4.69) is 25.5 Å². The SMILES string of the molecule is COc1cc(C)c(F)c(COc2cnc(Nc3cc(CCl)n[nH]3)nc2)c1F. The van der Waals surface area contributed by atoms with Crippen LogP contribution in [0.25, 0.3) is 0 Å². The van der Waals surface area contributed by atoms with Crippen LogP contribution in [0, 0.1) is 18.6 Å². The number of nitrogens with zero attached hydrogens (tertiary/aromatic N) is 3. The molecule has 142 valence electrons. The summed E-state index contributed by atoms with van der Waals surface area (Å²) in [7, 11) is 1.32. The second kappa shape index (κ2) is 8.17. The average molecular weight is 396 g/mol. The molecule has 2 heterocycles. The molecule has 0 aliphatic rings. The first-order chi connectivity index (χ1) is 13.0. The number of alkyl halides is 1. The van der Waals surface area contributed by atoms with Gasteiger partial charge in [-0.15, -0.1) is 11.6 Å². The molecule has 27 heavy (non-hydrogen) atoms. The average Bonchev–Trinajstić information content (AvgIpc) is 3.13. The molecule has 0 amide bonds. The number of rotatable bonds is 7. The normalized spacial score (nSPS) is 10.7. The first-order valence-corrected chi connectivity index (χ1v) is 8.38. The van der Waals surface area contributed by atoms with Crippen LogP contribution >= 0.6 is 11.6 Å². The Morgan fingerprint density at radius 2 is 1.93 bits per heavy atom. The van der Waals surface area contributed by atoms with E-state index in [4.69, 9.17) is 21.1 Å². The molecular weight excluding hydrogens is 380 g/mol. The highest BCUT2D eigenvalue weighted by Crippen LogP contribution is 2.27. The fraction of sp³-hybridized carbons (Fsp3) is 0.235. The number of aromatic amines is 1. The van der Waals surface area contributed by atoms with Crippen LogP contribution in [-0.4, -0.2) is 27.3 Å². The van der Waals surface area contributed by atoms with E-state index in [-0.39, 0.29) is 35.1 Å². The Morgan fingerprint density at radius 3 is 2.56 bits per heavy atom. The largest absolute Gasteiger partial charge is 0.494 e. The monoisotopic (exact) mass is 395 g/mol. The van der Waals surface area contributed by atoms with Crippen molar-refractivity contribution in [3.63, 3.8) is 0 Å². The van der Waals surface area contributed by atoms with E-state index in [1.54, 1.807) is 6.07 Å². The van der Waals surface area contributed by atoms with Gasteiger partial charge in [-0.05, 0) is 18.6 Å². The highest BCUT2D eigenvalue weighted by Gasteiger charge is 2.18. The summed E-state index contributed by atoms with van der Waals surface area (Å²) >= 11 is 5.68. The van der Waals surface area contributed by atoms with E-state index < -0.39 is 11.6 Å². The molecule has 0 aliphatic heterocycles. The number of benzene rings is 1. The van der Waals surface area contributed by atoms with Crippen molar-refractivity contribution in [1.82, 2.24) is 20.2 Å². The smallest absolute Gasteiger partial charge is 0.228 e. The first kappa shape index (κ1) is 18.8. The summed E-state index contributed by atoms with van der Waals surface area (Å²) in [5, 5.41) is 9.62. The standard InChI is InChI=1S/C17H16ClF2N5O2/c1-9-3-13(26-2)16(20)12(15(9)19)8-27-11-6-21-17(22-7-11)23-14-4-10(5-18)24-25-14/h3-4,6-7H,5,8H2,1-2H3,(H2,21,22,23,24,25). The molecule has 0 aliphatic carbocycles. The predicted molar refractivity (Wildman–Crippen MR) is 95.4 cm³/mol. The number of hydrogen-bond donors (Lipinski definition) is 2. The Morgan fingerprint density at radius 1 is 1.19 bits per heavy atom. The zero-order chi connectivity index (χ0) is 19.4. The molecule has 2 aromatic heterocycles. The number of hydrogen-bond acceptors (Lipinski definition) is 6. The van der Waals surface area contributed by atoms with E-state index in [1.807, 2.05) is 0 Å². The van der Waals surface area contributed by atoms with Crippen LogP contribution in [0.1, 0.15) is 16.8 Å². The summed E-state index contributed by atoms with van der Waals surface area (Å²) in [6.45, 7) is 1.20. The van der Waals surface area contributed by atoms with Gasteiger partial charge in [0.1, 0.15) is 18.2 Å². The van der Waals surface area contributed by atoms with Crippen molar-refractivity contribution in [2.24, 2.45) is 0 Å². The Bertz CT molecular complexity index is 934. The van der Waals surface area contributed by atoms with Gasteiger partial charge in [-0.3, -0.25) is 5.10 Å². The minimum Gasteiger partial charge on any atom is -0.494 e. The topological polar surface area (TPSA) is 85.0 Å². The Balaban J connectivity index is 1.68. The van der Waals surface area contributed by atoms with Crippen LogP contribution in [0.4, 0.5) is 20.5 Å². The molecule has 3 aromatic rings. The lowest BCUT2D eigenvalue weighted by molar-refractivity contribution is 0.285. The maximum atomic E-state index is 14.2. The van der Waals surface area contributed by atoms with E-state index >= 15 is 0 Å². The zero-order valence-corrected chi connectivity index (χ0v) is 15.3. The second-order valence-corrected chi connectivity index (χ2v) is 5.83. The van der Waals surface area contributed by atoms with Crippen molar-refractivity contribution in [1.29, 1.82) is 0 Å². The van der Waals surface area contributed by atoms with Crippen LogP contribution in [0.3, 0.4) is 0 Å². The minimum absolute atomic E-state index is 0.0424. The summed E-state index contributed by atoms with van der Waals surface area (Å²) in [6.07, 6.45) is 2.77. The third-order valence-corrected chi connectivity index (χ3v) is 3.96. The van der Waals surface area contributed by atoms with E-state index in [9.17, 15) is 8.78 Å². The summed E-state index contributed by atoms with van der Waals surface area (Å²) in [5.74, 6) is -0.110. The molecule has 0 fully saturated rings. The molecule has 0 bridgehead atoms. The number of nitrogens with one attached hydrogen (secondary N) is 2. The van der Waals surface area contributed by atoms with Crippen molar-refractivity contribution in [2.75, 3.05) is 12.4 Å². The van der Waals surface area contributed by atoms with Gasteiger partial charge in [0.2, 0.25) is 5.95 Å². The lowest BCUT2D eigenvalue weighted by Gasteiger charge is -2.12. The third kappa shape index (κ3) is 4.25. The number of ether oxygens (including phenoxy) is 2. The minimum atomic E-state index is -0.797. The summed E-state index contributed by atoms with van der Waals surface area (Å²) in [6, 6.07) is 3.01. The number of aryl methyl sites for hydroxylation is 1. The van der Waals surface area contributed by atoms with Crippen LogP contribution in [0.15, 0.2) is 24.5 Å². The number of halogens is 3. The molecule has 0 radical (unpaired) electrons. The molecule has 7 nitrogen and oxygen atoms in total. The van der Waals surface area contributed by atoms with Gasteiger partial charge in [0.25, 0.3) is 0 Å². The molecule has 1 aromatic carbocycles. The van der Waals surface area contributed by atoms with Gasteiger partial charge in [0.05, 0.1) is 36.6 Å². The molecule has 0 spiro atoms. The highest BCUT2D eigenvalue weighted by molar-refractivity contribution is 6.16. The first-order valence-electron chi connectivity index (χ1n) is 7.85. The van der Waals surface area contributed by atoms with E-state index in [1.165, 1.54) is 32.5 Å². The van der Waals surface area contributed by atoms with Crippen LogP contribution < -0.4 is 14.8 Å². The van der Waals surface area contributed by atoms with Gasteiger partial charge in [0, 0.05) is 6.07 Å². The lowest BCUT2D eigenvalue weighted by atomic mass is 10.1. The van der Waals surface area contributed by atoms with Crippen molar-refractivity contribution in [3.05, 3.63) is 53.0 Å². The van der Waals surface area contributed by atoms with Crippen molar-refractivity contribution < 1.29 is 18.3 Å². The van der Waals surface area contributed by atoms with Crippen molar-refractivity contribution in [2.45, 2.75) is 19.4 Å². The Kier molecular flexibility index (Phi) is 5.70. The predicted octanol–water partition coefficient (Wildman–Crippen LogP) is 3.86. The summed E-state index contributed by atoms with van der Waals surface area (Å²) in [5.41, 5.74) is 0.718. The van der Waals surface area contributed by atoms with Gasteiger partial charge in [-0.2, -0.15) is 5.10 Å². The van der Waals surface area contributed by atoms with Crippen LogP contribution in [0.5, 0.6) is 11.5 Å². The quantitative estimate of drug-likeness (QED) is 0.591. The van der Waals surface area contributed by atoms with Crippen LogP contribution in [0.2, 0.25) is 0 Å². The second-order valence-electron chi connectivity index (χ2n) is 5.56. The highest BCUT2D eigenvalue weighted by atomic mass is 35.5. The molecule has 0 unspecified atom stereocenters. The van der Waals surface area contributed by atoms with Gasteiger partial charge < -0.3 is 14.8 Å². The maximum Gasteiger partial charge on any atom is 0.228 e. The lowest BCUT2D eigenvalue weighted by Crippen LogP contribution is -2.06. The van der Waals surface area contributed by atoms with Gasteiger partial charge in [0.15, 0.2) is 17.3 Å². The number of anilines is 2. The van der Waals surface area contributed by atoms with Gasteiger partial charge in [-0.1, -0.05) is 0 Å². The van der Waals surface area contributed by atoms with Gasteiger partial charge in [-0.25, -0.2) is 18.7 Å². The summed E-state index contributed by atoms with van der Waals surface area (Å²) < 4.78 is 38.8. The number of aromatic nitrogens is 4. The molecule has 2 N–H and O–H groups in total. The van der Waals surface area contributed by atoms with E-state index in [0.717, 1.165) is 0 Å². The molecule has 0 saturated heterocycles. The summed E-state index contributed by atoms with van der Waals surface area (Å²) in [4.78, 5) is 8.15. The maximum absolute atomic E-state index is 14.2. The van der Waals surface area contributed by atoms with Crippen LogP contribution in [-0.2, 0) is 12.5 Å².